The van der Waals surface area contributed by atoms with E-state index in [1.807, 2.05) is 13.8 Å². The molecule has 0 N–H and O–H groups in total. The summed E-state index contributed by atoms with van der Waals surface area (Å²) >= 11 is 0. The molecule has 0 amide bonds. The van der Waals surface area contributed by atoms with E-state index in [1.165, 1.54) is 0 Å². The summed E-state index contributed by atoms with van der Waals surface area (Å²) in [5, 5.41) is 0.212. The molecule has 1 aliphatic rings. The van der Waals surface area contributed by atoms with Crippen LogP contribution in [0, 0.1) is 11.8 Å². The van der Waals surface area contributed by atoms with Gasteiger partial charge in [0, 0.05) is 13.7 Å². The van der Waals surface area contributed by atoms with Crippen LogP contribution in [0.3, 0.4) is 0 Å². The maximum Gasteiger partial charge on any atom is 0.191 e. The lowest BCUT2D eigenvalue weighted by atomic mass is 9.96. The van der Waals surface area contributed by atoms with E-state index in [4.69, 9.17) is 18.6 Å². The Morgan fingerprint density at radius 3 is 2.15 bits per heavy atom. The van der Waals surface area contributed by atoms with E-state index in [0.29, 0.717) is 18.4 Å². The molecule has 0 radical (unpaired) electrons. The predicted octanol–water partition coefficient (Wildman–Crippen LogP) is 5.78. The van der Waals surface area contributed by atoms with Gasteiger partial charge in [-0.25, -0.2) is 0 Å². The zero-order valence-electron chi connectivity index (χ0n) is 19.6. The Morgan fingerprint density at radius 1 is 1.07 bits per heavy atom. The molecule has 160 valence electrons. The van der Waals surface area contributed by atoms with E-state index in [0.717, 1.165) is 6.42 Å². The third-order valence-corrected chi connectivity index (χ3v) is 10.7. The zero-order chi connectivity index (χ0) is 21.0. The summed E-state index contributed by atoms with van der Waals surface area (Å²) in [6, 6.07) is 0. The number of methoxy groups -OCH3 is 1. The summed E-state index contributed by atoms with van der Waals surface area (Å²) in [5.41, 5.74) is 0. The number of rotatable bonds is 9. The van der Waals surface area contributed by atoms with E-state index in [-0.39, 0.29) is 23.4 Å². The fourth-order valence-corrected chi connectivity index (χ4v) is 3.90. The molecule has 5 heteroatoms. The molecule has 0 aromatic carbocycles. The minimum absolute atomic E-state index is 0.0336. The third kappa shape index (κ3) is 7.28. The van der Waals surface area contributed by atoms with Crippen LogP contribution in [0.5, 0.6) is 0 Å². The van der Waals surface area contributed by atoms with Gasteiger partial charge in [0.2, 0.25) is 0 Å². The second-order valence-corrected chi connectivity index (χ2v) is 15.0. The average molecular weight is 401 g/mol. The second kappa shape index (κ2) is 9.53. The van der Waals surface area contributed by atoms with Gasteiger partial charge in [0.15, 0.2) is 14.1 Å². The van der Waals surface area contributed by atoms with Crippen molar-refractivity contribution in [1.82, 2.24) is 0 Å². The molecular weight excluding hydrogens is 356 g/mol. The zero-order valence-corrected chi connectivity index (χ0v) is 20.6. The van der Waals surface area contributed by atoms with Gasteiger partial charge in [-0.3, -0.25) is 0 Å². The summed E-state index contributed by atoms with van der Waals surface area (Å²) in [6.45, 7) is 22.7. The minimum atomic E-state index is -1.75. The molecule has 0 aromatic rings. The van der Waals surface area contributed by atoms with Crippen LogP contribution in [-0.2, 0) is 18.6 Å². The molecule has 1 unspecified atom stereocenters. The van der Waals surface area contributed by atoms with E-state index in [2.05, 4.69) is 66.8 Å². The lowest BCUT2D eigenvalue weighted by Gasteiger charge is -2.36. The highest BCUT2D eigenvalue weighted by Crippen LogP contribution is 2.38. The number of allylic oxidation sites excluding steroid dienone is 1. The Kier molecular flexibility index (Phi) is 8.77. The van der Waals surface area contributed by atoms with Crippen molar-refractivity contribution < 1.29 is 18.6 Å². The molecule has 1 heterocycles. The standard InChI is InChI=1S/C22H44O4Si/c1-16(2)17(3)12-13-18(23-9)20-19(25-22(7,8)26-20)14-15-24-27(10,11)21(4,5)6/h12-13,16-20H,14-15H2,1-11H3/b13-12-/t17-,18?,19+,20-/m1/s1. The van der Waals surface area contributed by atoms with Gasteiger partial charge >= 0.3 is 0 Å². The van der Waals surface area contributed by atoms with Crippen LogP contribution in [0.1, 0.15) is 61.8 Å². The topological polar surface area (TPSA) is 36.9 Å². The molecule has 1 rings (SSSR count). The normalized spacial score (nSPS) is 26.1. The third-order valence-electron chi connectivity index (χ3n) is 6.14. The summed E-state index contributed by atoms with van der Waals surface area (Å²) in [6.07, 6.45) is 4.91. The van der Waals surface area contributed by atoms with Crippen LogP contribution < -0.4 is 0 Å². The van der Waals surface area contributed by atoms with Crippen LogP contribution >= 0.6 is 0 Å². The monoisotopic (exact) mass is 400 g/mol. The van der Waals surface area contributed by atoms with Gasteiger partial charge in [-0.05, 0) is 50.2 Å². The SMILES string of the molecule is COC(/C=C\[C@@H](C)C(C)C)[C@H]1OC(C)(C)O[C@H]1CCO[Si](C)(C)C(C)(C)C. The molecule has 1 saturated heterocycles. The molecule has 4 nitrogen and oxygen atoms in total. The Bertz CT molecular complexity index is 479. The molecule has 27 heavy (non-hydrogen) atoms. The molecule has 0 spiro atoms. The smallest absolute Gasteiger partial charge is 0.191 e. The van der Waals surface area contributed by atoms with Crippen LogP contribution in [0.2, 0.25) is 18.1 Å². The average Bonchev–Trinajstić information content (AvgIpc) is 2.81. The molecule has 0 bridgehead atoms. The highest BCUT2D eigenvalue weighted by atomic mass is 28.4. The first-order valence-electron chi connectivity index (χ1n) is 10.4. The summed E-state index contributed by atoms with van der Waals surface area (Å²) in [7, 11) is -0.0114. The summed E-state index contributed by atoms with van der Waals surface area (Å²) in [5.74, 6) is 0.503. The van der Waals surface area contributed by atoms with Crippen molar-refractivity contribution in [1.29, 1.82) is 0 Å². The van der Waals surface area contributed by atoms with Crippen molar-refractivity contribution in [3.8, 4) is 0 Å². The first kappa shape index (κ1) is 24.8. The second-order valence-electron chi connectivity index (χ2n) is 10.2. The highest BCUT2D eigenvalue weighted by Gasteiger charge is 2.45. The Labute approximate surface area is 169 Å². The van der Waals surface area contributed by atoms with E-state index >= 15 is 0 Å². The van der Waals surface area contributed by atoms with Gasteiger partial charge in [-0.2, -0.15) is 0 Å². The van der Waals surface area contributed by atoms with Crippen molar-refractivity contribution in [2.24, 2.45) is 11.8 Å². The van der Waals surface area contributed by atoms with Gasteiger partial charge in [0.25, 0.3) is 0 Å². The Hall–Kier alpha value is -0.203. The first-order valence-corrected chi connectivity index (χ1v) is 13.3. The maximum atomic E-state index is 6.36. The van der Waals surface area contributed by atoms with Crippen LogP contribution in [0.4, 0.5) is 0 Å². The van der Waals surface area contributed by atoms with Gasteiger partial charge in [-0.15, -0.1) is 0 Å². The maximum absolute atomic E-state index is 6.36. The van der Waals surface area contributed by atoms with Crippen molar-refractivity contribution in [3.05, 3.63) is 12.2 Å². The van der Waals surface area contributed by atoms with Crippen LogP contribution in [-0.4, -0.2) is 46.1 Å². The van der Waals surface area contributed by atoms with Gasteiger partial charge in [0.05, 0.1) is 6.10 Å². The fourth-order valence-electron chi connectivity index (χ4n) is 2.84. The number of hydrogen-bond acceptors (Lipinski definition) is 4. The molecule has 0 aliphatic carbocycles. The predicted molar refractivity (Wildman–Crippen MR) is 116 cm³/mol. The van der Waals surface area contributed by atoms with E-state index in [1.54, 1.807) is 7.11 Å². The molecule has 4 atom stereocenters. The van der Waals surface area contributed by atoms with Crippen molar-refractivity contribution in [3.63, 3.8) is 0 Å². The van der Waals surface area contributed by atoms with Crippen molar-refractivity contribution in [2.45, 2.75) is 104 Å². The first-order chi connectivity index (χ1) is 12.2. The molecular formula is C22H44O4Si. The van der Waals surface area contributed by atoms with E-state index < -0.39 is 14.1 Å². The van der Waals surface area contributed by atoms with Crippen molar-refractivity contribution >= 4 is 8.32 Å². The van der Waals surface area contributed by atoms with Gasteiger partial charge in [-0.1, -0.05) is 53.7 Å². The minimum Gasteiger partial charge on any atom is -0.417 e. The van der Waals surface area contributed by atoms with Gasteiger partial charge in [0.1, 0.15) is 12.2 Å². The largest absolute Gasteiger partial charge is 0.417 e. The number of hydrogen-bond donors (Lipinski definition) is 0. The Morgan fingerprint density at radius 2 is 1.67 bits per heavy atom. The lowest BCUT2D eigenvalue weighted by molar-refractivity contribution is -0.154. The lowest BCUT2D eigenvalue weighted by Crippen LogP contribution is -2.42. The van der Waals surface area contributed by atoms with Gasteiger partial charge < -0.3 is 18.6 Å². The fraction of sp³-hybridized carbons (Fsp3) is 0.909. The van der Waals surface area contributed by atoms with E-state index in [9.17, 15) is 0 Å². The number of ether oxygens (including phenoxy) is 3. The molecule has 1 aliphatic heterocycles. The van der Waals surface area contributed by atoms with Crippen LogP contribution in [0.25, 0.3) is 0 Å². The molecule has 1 fully saturated rings. The highest BCUT2D eigenvalue weighted by molar-refractivity contribution is 6.74. The molecule has 0 saturated carbocycles. The summed E-state index contributed by atoms with van der Waals surface area (Å²) in [4.78, 5) is 0. The Balaban J connectivity index is 2.79. The van der Waals surface area contributed by atoms with Crippen molar-refractivity contribution in [2.75, 3.05) is 13.7 Å². The summed E-state index contributed by atoms with van der Waals surface area (Å²) < 4.78 is 24.5. The molecule has 0 aromatic heterocycles. The quantitative estimate of drug-likeness (QED) is 0.363. The van der Waals surface area contributed by atoms with Crippen LogP contribution in [0.15, 0.2) is 12.2 Å².